The zero-order valence-corrected chi connectivity index (χ0v) is 9.09. The maximum absolute atomic E-state index is 10.7. The van der Waals surface area contributed by atoms with Gasteiger partial charge in [-0.3, -0.25) is 0 Å². The number of aliphatic carboxylic acids is 1. The SMILES string of the molecule is C=CCN(CC=C)C(=CC)C(=O)O.Cl. The molecule has 80 valence electrons. The Morgan fingerprint density at radius 3 is 2.00 bits per heavy atom. The molecule has 1 N–H and O–H groups in total. The summed E-state index contributed by atoms with van der Waals surface area (Å²) in [5, 5.41) is 8.82. The van der Waals surface area contributed by atoms with Gasteiger partial charge in [-0.15, -0.1) is 25.6 Å². The number of hydrogen-bond acceptors (Lipinski definition) is 2. The summed E-state index contributed by atoms with van der Waals surface area (Å²) in [6, 6.07) is 0. The minimum absolute atomic E-state index is 0. The van der Waals surface area contributed by atoms with Crippen LogP contribution in [0.15, 0.2) is 37.1 Å². The topological polar surface area (TPSA) is 40.5 Å². The summed E-state index contributed by atoms with van der Waals surface area (Å²) < 4.78 is 0. The van der Waals surface area contributed by atoms with E-state index in [1.54, 1.807) is 30.1 Å². The van der Waals surface area contributed by atoms with Crippen molar-refractivity contribution >= 4 is 18.4 Å². The highest BCUT2D eigenvalue weighted by Crippen LogP contribution is 2.04. The standard InChI is InChI=1S/C10H15NO2.ClH/c1-4-7-11(8-5-2)9(6-3)10(12)13;/h4-6H,1-2,7-8H2,3H3,(H,12,13);1H. The first-order valence-corrected chi connectivity index (χ1v) is 4.03. The zero-order valence-electron chi connectivity index (χ0n) is 8.27. The Balaban J connectivity index is 0. The molecule has 4 heteroatoms. The van der Waals surface area contributed by atoms with E-state index < -0.39 is 5.97 Å². The minimum Gasteiger partial charge on any atom is -0.477 e. The molecule has 0 amide bonds. The normalized spacial score (nSPS) is 9.93. The Morgan fingerprint density at radius 2 is 1.79 bits per heavy atom. The molecule has 0 aromatic heterocycles. The van der Waals surface area contributed by atoms with Crippen molar-refractivity contribution in [2.24, 2.45) is 0 Å². The van der Waals surface area contributed by atoms with Gasteiger partial charge in [-0.1, -0.05) is 18.2 Å². The van der Waals surface area contributed by atoms with E-state index in [2.05, 4.69) is 13.2 Å². The summed E-state index contributed by atoms with van der Waals surface area (Å²) in [4.78, 5) is 12.4. The minimum atomic E-state index is -0.925. The molecule has 0 aromatic carbocycles. The van der Waals surface area contributed by atoms with E-state index in [1.807, 2.05) is 0 Å². The number of allylic oxidation sites excluding steroid dienone is 1. The molecule has 0 aliphatic carbocycles. The molecule has 0 saturated carbocycles. The van der Waals surface area contributed by atoms with Crippen LogP contribution in [0.25, 0.3) is 0 Å². The maximum Gasteiger partial charge on any atom is 0.351 e. The van der Waals surface area contributed by atoms with Gasteiger partial charge in [0.25, 0.3) is 0 Å². The van der Waals surface area contributed by atoms with Crippen LogP contribution in [-0.4, -0.2) is 29.1 Å². The van der Waals surface area contributed by atoms with Gasteiger partial charge in [0.1, 0.15) is 5.70 Å². The molecule has 0 aliphatic rings. The monoisotopic (exact) mass is 217 g/mol. The van der Waals surface area contributed by atoms with Gasteiger partial charge in [0.15, 0.2) is 0 Å². The lowest BCUT2D eigenvalue weighted by Crippen LogP contribution is -2.27. The summed E-state index contributed by atoms with van der Waals surface area (Å²) in [6.45, 7) is 9.85. The molecular weight excluding hydrogens is 202 g/mol. The van der Waals surface area contributed by atoms with Gasteiger partial charge in [-0.05, 0) is 6.92 Å². The van der Waals surface area contributed by atoms with Gasteiger partial charge >= 0.3 is 5.97 Å². The maximum atomic E-state index is 10.7. The molecule has 0 fully saturated rings. The van der Waals surface area contributed by atoms with Crippen molar-refractivity contribution < 1.29 is 9.90 Å². The highest BCUT2D eigenvalue weighted by molar-refractivity contribution is 5.86. The van der Waals surface area contributed by atoms with Crippen LogP contribution in [0.3, 0.4) is 0 Å². The van der Waals surface area contributed by atoms with Crippen molar-refractivity contribution in [2.75, 3.05) is 13.1 Å². The van der Waals surface area contributed by atoms with Crippen LogP contribution in [-0.2, 0) is 4.79 Å². The largest absolute Gasteiger partial charge is 0.477 e. The third-order valence-electron chi connectivity index (χ3n) is 1.53. The Morgan fingerprint density at radius 1 is 1.36 bits per heavy atom. The van der Waals surface area contributed by atoms with E-state index in [0.717, 1.165) is 0 Å². The highest BCUT2D eigenvalue weighted by Gasteiger charge is 2.12. The second-order valence-corrected chi connectivity index (χ2v) is 2.46. The van der Waals surface area contributed by atoms with E-state index in [1.165, 1.54) is 0 Å². The van der Waals surface area contributed by atoms with Gasteiger partial charge in [0.2, 0.25) is 0 Å². The van der Waals surface area contributed by atoms with Gasteiger partial charge in [0, 0.05) is 13.1 Å². The third-order valence-corrected chi connectivity index (χ3v) is 1.53. The fourth-order valence-corrected chi connectivity index (χ4v) is 1.02. The van der Waals surface area contributed by atoms with E-state index in [-0.39, 0.29) is 18.1 Å². The van der Waals surface area contributed by atoms with Crippen LogP contribution in [0.2, 0.25) is 0 Å². The van der Waals surface area contributed by atoms with Crippen LogP contribution in [0.4, 0.5) is 0 Å². The molecule has 0 unspecified atom stereocenters. The number of carboxylic acid groups (broad SMARTS) is 1. The van der Waals surface area contributed by atoms with E-state index >= 15 is 0 Å². The second-order valence-electron chi connectivity index (χ2n) is 2.46. The number of rotatable bonds is 6. The average molecular weight is 218 g/mol. The molecule has 14 heavy (non-hydrogen) atoms. The van der Waals surface area contributed by atoms with Crippen LogP contribution in [0.1, 0.15) is 6.92 Å². The first-order chi connectivity index (χ1) is 6.17. The predicted octanol–water partition coefficient (Wildman–Crippen LogP) is 2.07. The second kappa shape index (κ2) is 8.38. The van der Waals surface area contributed by atoms with Gasteiger partial charge in [0.05, 0.1) is 0 Å². The average Bonchev–Trinajstić information content (AvgIpc) is 2.05. The molecule has 0 radical (unpaired) electrons. The van der Waals surface area contributed by atoms with Crippen molar-refractivity contribution in [3.8, 4) is 0 Å². The van der Waals surface area contributed by atoms with E-state index in [0.29, 0.717) is 13.1 Å². The van der Waals surface area contributed by atoms with Gasteiger partial charge < -0.3 is 10.0 Å². The lowest BCUT2D eigenvalue weighted by molar-refractivity contribution is -0.134. The Hall–Kier alpha value is -1.22. The summed E-state index contributed by atoms with van der Waals surface area (Å²) in [5.41, 5.74) is 0.278. The predicted molar refractivity (Wildman–Crippen MR) is 60.6 cm³/mol. The number of halogens is 1. The molecule has 0 spiro atoms. The van der Waals surface area contributed by atoms with Crippen molar-refractivity contribution in [1.82, 2.24) is 4.90 Å². The first-order valence-electron chi connectivity index (χ1n) is 4.03. The van der Waals surface area contributed by atoms with Crippen LogP contribution in [0, 0.1) is 0 Å². The summed E-state index contributed by atoms with van der Waals surface area (Å²) in [6.07, 6.45) is 4.89. The van der Waals surface area contributed by atoms with Crippen LogP contribution in [0.5, 0.6) is 0 Å². The lowest BCUT2D eigenvalue weighted by atomic mass is 10.3. The van der Waals surface area contributed by atoms with Gasteiger partial charge in [-0.25, -0.2) is 4.79 Å². The Labute approximate surface area is 90.8 Å². The molecule has 3 nitrogen and oxygen atoms in total. The molecule has 0 aromatic rings. The molecule has 0 atom stereocenters. The summed E-state index contributed by atoms with van der Waals surface area (Å²) in [5.74, 6) is -0.925. The Kier molecular flexibility index (Phi) is 9.14. The van der Waals surface area contributed by atoms with E-state index in [4.69, 9.17) is 5.11 Å². The number of hydrogen-bond donors (Lipinski definition) is 1. The molecule has 0 heterocycles. The van der Waals surface area contributed by atoms with Crippen molar-refractivity contribution in [1.29, 1.82) is 0 Å². The smallest absolute Gasteiger partial charge is 0.351 e. The zero-order chi connectivity index (χ0) is 10.3. The quantitative estimate of drug-likeness (QED) is 0.547. The van der Waals surface area contributed by atoms with Crippen LogP contribution >= 0.6 is 12.4 Å². The third kappa shape index (κ3) is 4.72. The summed E-state index contributed by atoms with van der Waals surface area (Å²) in [7, 11) is 0. The summed E-state index contributed by atoms with van der Waals surface area (Å²) >= 11 is 0. The van der Waals surface area contributed by atoms with Crippen LogP contribution < -0.4 is 0 Å². The lowest BCUT2D eigenvalue weighted by Gasteiger charge is -2.21. The Bertz CT molecular complexity index is 226. The molecule has 0 rings (SSSR count). The van der Waals surface area contributed by atoms with Gasteiger partial charge in [-0.2, -0.15) is 0 Å². The number of carbonyl (C=O) groups is 1. The van der Waals surface area contributed by atoms with E-state index in [9.17, 15) is 4.79 Å². The molecular formula is C10H16ClNO2. The number of nitrogens with zero attached hydrogens (tertiary/aromatic N) is 1. The fraction of sp³-hybridized carbons (Fsp3) is 0.300. The van der Waals surface area contributed by atoms with Crippen molar-refractivity contribution in [2.45, 2.75) is 6.92 Å². The fourth-order valence-electron chi connectivity index (χ4n) is 1.02. The molecule has 0 bridgehead atoms. The van der Waals surface area contributed by atoms with Crippen molar-refractivity contribution in [3.05, 3.63) is 37.1 Å². The highest BCUT2D eigenvalue weighted by atomic mass is 35.5. The number of carboxylic acids is 1. The molecule has 0 aliphatic heterocycles. The first kappa shape index (κ1) is 15.3. The molecule has 0 saturated heterocycles. The van der Waals surface area contributed by atoms with Crippen molar-refractivity contribution in [3.63, 3.8) is 0 Å².